The molecule has 150 valence electrons. The number of hydrogen-bond donors (Lipinski definition) is 1. The Morgan fingerprint density at radius 1 is 1.18 bits per heavy atom. The highest BCUT2D eigenvalue weighted by Crippen LogP contribution is 2.38. The van der Waals surface area contributed by atoms with E-state index < -0.39 is 30.3 Å². The van der Waals surface area contributed by atoms with Crippen LogP contribution in [0.5, 0.6) is 0 Å². The van der Waals surface area contributed by atoms with Crippen molar-refractivity contribution in [3.63, 3.8) is 0 Å². The van der Waals surface area contributed by atoms with Crippen LogP contribution in [0.3, 0.4) is 0 Å². The number of nitrogens with zero attached hydrogens (tertiary/aromatic N) is 1. The van der Waals surface area contributed by atoms with Gasteiger partial charge in [-0.3, -0.25) is 19.3 Å². The number of carbonyl (C=O) groups is 4. The maximum Gasteiger partial charge on any atom is 0.329 e. The Bertz CT molecular complexity index is 773. The first-order valence-electron chi connectivity index (χ1n) is 9.43. The summed E-state index contributed by atoms with van der Waals surface area (Å²) in [6, 6.07) is 4.93. The third kappa shape index (κ3) is 4.05. The van der Waals surface area contributed by atoms with Crippen molar-refractivity contribution in [1.29, 1.82) is 0 Å². The van der Waals surface area contributed by atoms with Crippen molar-refractivity contribution < 1.29 is 28.3 Å². The standard InChI is InChI=1S/C20H23FN2O5/c1-12(23-18(25)14-7-3-4-8-15(14)19(23)26)20(27)28-11-17(24)22-10-13-6-2-5-9-16(13)21/h2,5-6,9,12,14-15H,3-4,7-8,10-11H2,1H3,(H,22,24)/t12-,14-,15+/m0/s1. The van der Waals surface area contributed by atoms with Crippen LogP contribution in [0.15, 0.2) is 24.3 Å². The van der Waals surface area contributed by atoms with Gasteiger partial charge < -0.3 is 10.1 Å². The molecule has 1 saturated carbocycles. The minimum atomic E-state index is -1.08. The second-order valence-electron chi connectivity index (χ2n) is 7.20. The van der Waals surface area contributed by atoms with Gasteiger partial charge in [0.1, 0.15) is 11.9 Å². The molecule has 3 atom stereocenters. The van der Waals surface area contributed by atoms with Gasteiger partial charge in [0.05, 0.1) is 11.8 Å². The molecule has 1 saturated heterocycles. The number of imide groups is 1. The number of fused-ring (bicyclic) bond motifs is 1. The lowest BCUT2D eigenvalue weighted by Gasteiger charge is -2.21. The average molecular weight is 390 g/mol. The summed E-state index contributed by atoms with van der Waals surface area (Å²) >= 11 is 0. The van der Waals surface area contributed by atoms with E-state index in [1.807, 2.05) is 0 Å². The summed E-state index contributed by atoms with van der Waals surface area (Å²) < 4.78 is 18.5. The van der Waals surface area contributed by atoms with Crippen LogP contribution in [0.25, 0.3) is 0 Å². The molecule has 3 rings (SSSR count). The number of hydrogen-bond acceptors (Lipinski definition) is 5. The second-order valence-corrected chi connectivity index (χ2v) is 7.20. The third-order valence-corrected chi connectivity index (χ3v) is 5.38. The predicted molar refractivity (Wildman–Crippen MR) is 96.0 cm³/mol. The molecule has 1 aromatic rings. The lowest BCUT2D eigenvalue weighted by Crippen LogP contribution is -2.45. The number of nitrogens with one attached hydrogen (secondary N) is 1. The maximum atomic E-state index is 13.5. The van der Waals surface area contributed by atoms with Crippen LogP contribution in [0, 0.1) is 17.7 Å². The third-order valence-electron chi connectivity index (χ3n) is 5.38. The van der Waals surface area contributed by atoms with Crippen LogP contribution in [0.4, 0.5) is 4.39 Å². The summed E-state index contributed by atoms with van der Waals surface area (Å²) in [6.45, 7) is 0.818. The molecule has 0 aromatic heterocycles. The fourth-order valence-corrected chi connectivity index (χ4v) is 3.82. The first-order valence-corrected chi connectivity index (χ1v) is 9.43. The molecule has 8 heteroatoms. The van der Waals surface area contributed by atoms with Gasteiger partial charge in [-0.2, -0.15) is 0 Å². The monoisotopic (exact) mass is 390 g/mol. The van der Waals surface area contributed by atoms with Crippen molar-refractivity contribution in [3.05, 3.63) is 35.6 Å². The summed E-state index contributed by atoms with van der Waals surface area (Å²) in [4.78, 5) is 50.1. The molecular weight excluding hydrogens is 367 g/mol. The Labute approximate surface area is 162 Å². The highest BCUT2D eigenvalue weighted by molar-refractivity contribution is 6.07. The lowest BCUT2D eigenvalue weighted by molar-refractivity contribution is -0.159. The van der Waals surface area contributed by atoms with Crippen molar-refractivity contribution in [1.82, 2.24) is 10.2 Å². The quantitative estimate of drug-likeness (QED) is 0.588. The molecule has 1 N–H and O–H groups in total. The number of esters is 1. The molecule has 0 radical (unpaired) electrons. The zero-order valence-electron chi connectivity index (χ0n) is 15.7. The largest absolute Gasteiger partial charge is 0.454 e. The molecule has 3 amide bonds. The van der Waals surface area contributed by atoms with E-state index in [2.05, 4.69) is 5.32 Å². The van der Waals surface area contributed by atoms with Gasteiger partial charge in [-0.15, -0.1) is 0 Å². The highest BCUT2D eigenvalue weighted by atomic mass is 19.1. The number of amides is 3. The van der Waals surface area contributed by atoms with Crippen molar-refractivity contribution >= 4 is 23.7 Å². The molecule has 1 aliphatic heterocycles. The fraction of sp³-hybridized carbons (Fsp3) is 0.500. The van der Waals surface area contributed by atoms with E-state index in [0.29, 0.717) is 18.4 Å². The van der Waals surface area contributed by atoms with Gasteiger partial charge in [-0.05, 0) is 25.8 Å². The van der Waals surface area contributed by atoms with Gasteiger partial charge in [-0.25, -0.2) is 9.18 Å². The minimum Gasteiger partial charge on any atom is -0.454 e. The van der Waals surface area contributed by atoms with Crippen LogP contribution in [0.1, 0.15) is 38.2 Å². The topological polar surface area (TPSA) is 92.8 Å². The predicted octanol–water partition coefficient (Wildman–Crippen LogP) is 1.55. The Morgan fingerprint density at radius 2 is 1.79 bits per heavy atom. The summed E-state index contributed by atoms with van der Waals surface area (Å²) in [7, 11) is 0. The molecule has 0 bridgehead atoms. The van der Waals surface area contributed by atoms with Crippen LogP contribution in [-0.4, -0.2) is 41.2 Å². The summed E-state index contributed by atoms with van der Waals surface area (Å²) in [6.07, 6.45) is 3.11. The Balaban J connectivity index is 1.50. The van der Waals surface area contributed by atoms with E-state index >= 15 is 0 Å². The summed E-state index contributed by atoms with van der Waals surface area (Å²) in [5.41, 5.74) is 0.311. The van der Waals surface area contributed by atoms with Crippen molar-refractivity contribution in [2.45, 2.75) is 45.2 Å². The first kappa shape index (κ1) is 20.0. The van der Waals surface area contributed by atoms with E-state index in [4.69, 9.17) is 4.74 Å². The molecule has 0 spiro atoms. The van der Waals surface area contributed by atoms with Gasteiger partial charge >= 0.3 is 5.97 Å². The first-order chi connectivity index (χ1) is 13.4. The maximum absolute atomic E-state index is 13.5. The van der Waals surface area contributed by atoms with E-state index in [0.717, 1.165) is 17.7 Å². The zero-order chi connectivity index (χ0) is 20.3. The second kappa shape index (κ2) is 8.50. The smallest absolute Gasteiger partial charge is 0.329 e. The molecule has 0 unspecified atom stereocenters. The number of ether oxygens (including phenoxy) is 1. The van der Waals surface area contributed by atoms with Gasteiger partial charge in [0.25, 0.3) is 5.91 Å². The normalized spacial score (nSPS) is 22.6. The Hall–Kier alpha value is -2.77. The number of benzene rings is 1. The number of likely N-dealkylation sites (tertiary alicyclic amines) is 1. The van der Waals surface area contributed by atoms with Crippen LogP contribution < -0.4 is 5.32 Å². The average Bonchev–Trinajstić information content (AvgIpc) is 2.95. The molecule has 7 nitrogen and oxygen atoms in total. The molecule has 2 fully saturated rings. The van der Waals surface area contributed by atoms with Gasteiger partial charge in [0.15, 0.2) is 6.61 Å². The zero-order valence-corrected chi connectivity index (χ0v) is 15.7. The van der Waals surface area contributed by atoms with Crippen LogP contribution >= 0.6 is 0 Å². The molecule has 1 aromatic carbocycles. The molecule has 28 heavy (non-hydrogen) atoms. The van der Waals surface area contributed by atoms with Crippen LogP contribution in [0.2, 0.25) is 0 Å². The van der Waals surface area contributed by atoms with Crippen LogP contribution in [-0.2, 0) is 30.5 Å². The number of carbonyl (C=O) groups excluding carboxylic acids is 4. The summed E-state index contributed by atoms with van der Waals surface area (Å²) in [5.74, 6) is -3.22. The Morgan fingerprint density at radius 3 is 2.39 bits per heavy atom. The van der Waals surface area contributed by atoms with Crippen molar-refractivity contribution in [2.24, 2.45) is 11.8 Å². The van der Waals surface area contributed by atoms with Gasteiger partial charge in [0.2, 0.25) is 11.8 Å². The van der Waals surface area contributed by atoms with E-state index in [1.54, 1.807) is 12.1 Å². The van der Waals surface area contributed by atoms with E-state index in [9.17, 15) is 23.6 Å². The van der Waals surface area contributed by atoms with E-state index in [1.165, 1.54) is 19.1 Å². The van der Waals surface area contributed by atoms with E-state index in [-0.39, 0.29) is 30.2 Å². The number of rotatable bonds is 6. The van der Waals surface area contributed by atoms with Crippen molar-refractivity contribution in [2.75, 3.05) is 6.61 Å². The number of halogens is 1. The lowest BCUT2D eigenvalue weighted by atomic mass is 9.81. The summed E-state index contributed by atoms with van der Waals surface area (Å²) in [5, 5.41) is 2.46. The van der Waals surface area contributed by atoms with Gasteiger partial charge in [-0.1, -0.05) is 31.0 Å². The molecule has 1 aliphatic carbocycles. The molecule has 1 heterocycles. The SMILES string of the molecule is C[C@@H](C(=O)OCC(=O)NCc1ccccc1F)N1C(=O)[C@H]2CCCC[C@H]2C1=O. The Kier molecular flexibility index (Phi) is 6.06. The molecular formula is C20H23FN2O5. The minimum absolute atomic E-state index is 0.0366. The van der Waals surface area contributed by atoms with Crippen molar-refractivity contribution in [3.8, 4) is 0 Å². The fourth-order valence-electron chi connectivity index (χ4n) is 3.82. The molecule has 2 aliphatic rings. The van der Waals surface area contributed by atoms with Gasteiger partial charge in [0, 0.05) is 12.1 Å². The highest BCUT2D eigenvalue weighted by Gasteiger charge is 2.51.